The third kappa shape index (κ3) is 8.57. The molecule has 0 fully saturated rings. The summed E-state index contributed by atoms with van der Waals surface area (Å²) in [5.41, 5.74) is 3.60. The Balaban J connectivity index is 1.68. The van der Waals surface area contributed by atoms with Crippen molar-refractivity contribution >= 4 is 17.7 Å². The van der Waals surface area contributed by atoms with Crippen LogP contribution in [0.3, 0.4) is 0 Å². The van der Waals surface area contributed by atoms with Gasteiger partial charge in [0.05, 0.1) is 18.8 Å². The molecule has 0 atom stereocenters. The highest BCUT2D eigenvalue weighted by molar-refractivity contribution is 5.84. The molecule has 1 aromatic heterocycles. The predicted molar refractivity (Wildman–Crippen MR) is 144 cm³/mol. The highest BCUT2D eigenvalue weighted by Crippen LogP contribution is 2.18. The molecular formula is C28H35N5O4. The van der Waals surface area contributed by atoms with Gasteiger partial charge < -0.3 is 15.0 Å². The van der Waals surface area contributed by atoms with Gasteiger partial charge in [-0.2, -0.15) is 5.10 Å². The molecule has 2 N–H and O–H groups in total. The molecule has 9 nitrogen and oxygen atoms in total. The fourth-order valence-corrected chi connectivity index (χ4v) is 3.85. The fraction of sp³-hybridized carbons (Fsp3) is 0.357. The van der Waals surface area contributed by atoms with Gasteiger partial charge >= 0.3 is 6.09 Å². The van der Waals surface area contributed by atoms with Crippen molar-refractivity contribution in [2.45, 2.75) is 40.3 Å². The zero-order chi connectivity index (χ0) is 26.6. The maximum Gasteiger partial charge on any atom is 0.411 e. The molecule has 196 valence electrons. The average Bonchev–Trinajstić information content (AvgIpc) is 2.90. The number of rotatable bonds is 12. The summed E-state index contributed by atoms with van der Waals surface area (Å²) in [6, 6.07) is 18.1. The molecule has 0 aliphatic heterocycles. The highest BCUT2D eigenvalue weighted by atomic mass is 16.5. The van der Waals surface area contributed by atoms with E-state index in [4.69, 9.17) is 4.74 Å². The van der Waals surface area contributed by atoms with Crippen LogP contribution in [0, 0.1) is 0 Å². The summed E-state index contributed by atoms with van der Waals surface area (Å²) in [7, 11) is 0. The first-order valence-electron chi connectivity index (χ1n) is 12.6. The quantitative estimate of drug-likeness (QED) is 0.387. The van der Waals surface area contributed by atoms with E-state index in [2.05, 4.69) is 34.5 Å². The number of ether oxygens (including phenoxy) is 1. The standard InChI is InChI=1S/C28H35N5O4/c1-4-32(5-2)16-15-26(34)29-19-21-9-7-11-23(17-21)25-13-14-27(35)33(31-25)20-22-10-8-12-24(18-22)30-28(36)37-6-3/h7-14,17-18H,4-6,15-16,19-20H2,1-3H3,(H,29,34)(H,30,36). The zero-order valence-corrected chi connectivity index (χ0v) is 21.7. The number of anilines is 1. The lowest BCUT2D eigenvalue weighted by Gasteiger charge is -2.17. The molecule has 3 rings (SSSR count). The second kappa shape index (κ2) is 13.9. The van der Waals surface area contributed by atoms with Crippen molar-refractivity contribution in [3.63, 3.8) is 0 Å². The van der Waals surface area contributed by atoms with E-state index in [0.29, 0.717) is 24.3 Å². The predicted octanol–water partition coefficient (Wildman–Crippen LogP) is 3.88. The second-order valence-electron chi connectivity index (χ2n) is 8.51. The van der Waals surface area contributed by atoms with Crippen LogP contribution in [0.2, 0.25) is 0 Å². The molecule has 2 amide bonds. The molecule has 3 aromatic rings. The number of aromatic nitrogens is 2. The lowest BCUT2D eigenvalue weighted by molar-refractivity contribution is -0.121. The first-order chi connectivity index (χ1) is 17.9. The second-order valence-corrected chi connectivity index (χ2v) is 8.51. The molecule has 0 unspecified atom stereocenters. The molecule has 0 aliphatic carbocycles. The number of carbonyl (C=O) groups is 2. The maximum absolute atomic E-state index is 12.5. The maximum atomic E-state index is 12.5. The Labute approximate surface area is 217 Å². The molecule has 0 saturated carbocycles. The van der Waals surface area contributed by atoms with E-state index in [1.165, 1.54) is 10.7 Å². The Morgan fingerprint density at radius 2 is 1.73 bits per heavy atom. The Bertz CT molecular complexity index is 1250. The van der Waals surface area contributed by atoms with Crippen LogP contribution in [-0.2, 0) is 22.6 Å². The first-order valence-corrected chi connectivity index (χ1v) is 12.6. The van der Waals surface area contributed by atoms with Crippen molar-refractivity contribution in [2.75, 3.05) is 31.6 Å². The molecule has 37 heavy (non-hydrogen) atoms. The zero-order valence-electron chi connectivity index (χ0n) is 21.7. The number of benzene rings is 2. The van der Waals surface area contributed by atoms with Gasteiger partial charge in [0, 0.05) is 36.8 Å². The van der Waals surface area contributed by atoms with Gasteiger partial charge in [-0.3, -0.25) is 14.9 Å². The van der Waals surface area contributed by atoms with Gasteiger partial charge in [0.1, 0.15) is 0 Å². The Kier molecular flexibility index (Phi) is 10.4. The molecule has 2 aromatic carbocycles. The van der Waals surface area contributed by atoms with Crippen LogP contribution in [0.15, 0.2) is 65.5 Å². The molecule has 1 heterocycles. The Hall–Kier alpha value is -3.98. The van der Waals surface area contributed by atoms with Gasteiger partial charge in [0.25, 0.3) is 5.56 Å². The summed E-state index contributed by atoms with van der Waals surface area (Å²) in [5.74, 6) is 0.0173. The summed E-state index contributed by atoms with van der Waals surface area (Å²) in [5, 5.41) is 10.2. The summed E-state index contributed by atoms with van der Waals surface area (Å²) in [6.07, 6.45) is -0.0680. The van der Waals surface area contributed by atoms with E-state index < -0.39 is 6.09 Å². The molecule has 0 spiro atoms. The van der Waals surface area contributed by atoms with Gasteiger partial charge in [0.2, 0.25) is 5.91 Å². The van der Waals surface area contributed by atoms with E-state index >= 15 is 0 Å². The summed E-state index contributed by atoms with van der Waals surface area (Å²) in [6.45, 7) is 9.45. The number of nitrogens with zero attached hydrogens (tertiary/aromatic N) is 3. The van der Waals surface area contributed by atoms with Crippen LogP contribution in [0.1, 0.15) is 38.3 Å². The molecule has 0 aliphatic rings. The summed E-state index contributed by atoms with van der Waals surface area (Å²) in [4.78, 5) is 38.7. The highest BCUT2D eigenvalue weighted by Gasteiger charge is 2.09. The average molecular weight is 506 g/mol. The van der Waals surface area contributed by atoms with E-state index in [0.717, 1.165) is 36.3 Å². The Morgan fingerprint density at radius 1 is 0.973 bits per heavy atom. The molecule has 0 radical (unpaired) electrons. The van der Waals surface area contributed by atoms with Crippen LogP contribution in [0.4, 0.5) is 10.5 Å². The summed E-state index contributed by atoms with van der Waals surface area (Å²) < 4.78 is 6.31. The largest absolute Gasteiger partial charge is 0.450 e. The monoisotopic (exact) mass is 505 g/mol. The van der Waals surface area contributed by atoms with Crippen molar-refractivity contribution in [1.82, 2.24) is 20.0 Å². The fourth-order valence-electron chi connectivity index (χ4n) is 3.85. The first kappa shape index (κ1) is 27.6. The van der Waals surface area contributed by atoms with Crippen molar-refractivity contribution in [3.05, 3.63) is 82.1 Å². The SMILES string of the molecule is CCOC(=O)Nc1cccc(Cn2nc(-c3cccc(CNC(=O)CCN(CC)CC)c3)ccc2=O)c1. The molecule has 9 heteroatoms. The number of hydrogen-bond acceptors (Lipinski definition) is 6. The normalized spacial score (nSPS) is 10.8. The topological polar surface area (TPSA) is 106 Å². The van der Waals surface area contributed by atoms with Gasteiger partial charge in [-0.25, -0.2) is 9.48 Å². The third-order valence-corrected chi connectivity index (χ3v) is 5.91. The molecule has 0 saturated heterocycles. The number of carbonyl (C=O) groups excluding carboxylic acids is 2. The Morgan fingerprint density at radius 3 is 2.49 bits per heavy atom. The number of amides is 2. The smallest absolute Gasteiger partial charge is 0.411 e. The minimum Gasteiger partial charge on any atom is -0.450 e. The van der Waals surface area contributed by atoms with Crippen molar-refractivity contribution < 1.29 is 14.3 Å². The van der Waals surface area contributed by atoms with E-state index in [9.17, 15) is 14.4 Å². The van der Waals surface area contributed by atoms with Crippen LogP contribution >= 0.6 is 0 Å². The van der Waals surface area contributed by atoms with Crippen LogP contribution in [0.5, 0.6) is 0 Å². The van der Waals surface area contributed by atoms with Crippen LogP contribution in [0.25, 0.3) is 11.3 Å². The van der Waals surface area contributed by atoms with Crippen molar-refractivity contribution in [2.24, 2.45) is 0 Å². The third-order valence-electron chi connectivity index (χ3n) is 5.91. The van der Waals surface area contributed by atoms with Gasteiger partial charge in [-0.05, 0) is 55.4 Å². The lowest BCUT2D eigenvalue weighted by Crippen LogP contribution is -2.30. The number of hydrogen-bond donors (Lipinski definition) is 2. The van der Waals surface area contributed by atoms with Crippen LogP contribution < -0.4 is 16.2 Å². The van der Waals surface area contributed by atoms with E-state index in [1.54, 1.807) is 31.2 Å². The molecule has 0 bridgehead atoms. The van der Waals surface area contributed by atoms with Crippen molar-refractivity contribution in [3.8, 4) is 11.3 Å². The molecular weight excluding hydrogens is 470 g/mol. The minimum atomic E-state index is -0.531. The van der Waals surface area contributed by atoms with E-state index in [1.807, 2.05) is 30.3 Å². The minimum absolute atomic E-state index is 0.0173. The lowest BCUT2D eigenvalue weighted by atomic mass is 10.1. The van der Waals surface area contributed by atoms with Gasteiger partial charge in [0.15, 0.2) is 0 Å². The van der Waals surface area contributed by atoms with E-state index in [-0.39, 0.29) is 24.6 Å². The van der Waals surface area contributed by atoms with Gasteiger partial charge in [-0.15, -0.1) is 0 Å². The summed E-state index contributed by atoms with van der Waals surface area (Å²) >= 11 is 0. The van der Waals surface area contributed by atoms with Crippen LogP contribution in [-0.4, -0.2) is 52.9 Å². The van der Waals surface area contributed by atoms with Gasteiger partial charge in [-0.1, -0.05) is 44.2 Å². The number of nitrogens with one attached hydrogen (secondary N) is 2. The van der Waals surface area contributed by atoms with Crippen molar-refractivity contribution in [1.29, 1.82) is 0 Å².